The molecule has 2 aromatic carbocycles. The van der Waals surface area contributed by atoms with Crippen LogP contribution in [0.2, 0.25) is 0 Å². The van der Waals surface area contributed by atoms with Crippen LogP contribution < -0.4 is 20.3 Å². The van der Waals surface area contributed by atoms with Crippen molar-refractivity contribution in [1.29, 1.82) is 0 Å². The Balaban J connectivity index is 1.53. The number of benzene rings is 2. The predicted molar refractivity (Wildman–Crippen MR) is 113 cm³/mol. The molecule has 1 aliphatic carbocycles. The van der Waals surface area contributed by atoms with Crippen LogP contribution in [0.4, 0.5) is 5.69 Å². The van der Waals surface area contributed by atoms with Crippen molar-refractivity contribution in [2.75, 3.05) is 25.3 Å². The van der Waals surface area contributed by atoms with Crippen LogP contribution in [-0.4, -0.2) is 35.4 Å². The molecule has 0 aliphatic heterocycles. The molecule has 0 radical (unpaired) electrons. The largest absolute Gasteiger partial charge is 0.497 e. The van der Waals surface area contributed by atoms with Gasteiger partial charge in [-0.1, -0.05) is 23.9 Å². The van der Waals surface area contributed by atoms with Gasteiger partial charge < -0.3 is 14.8 Å². The van der Waals surface area contributed by atoms with E-state index in [0.717, 1.165) is 12.8 Å². The Hall–Kier alpha value is -3.00. The van der Waals surface area contributed by atoms with Crippen molar-refractivity contribution in [3.05, 3.63) is 52.8 Å². The third kappa shape index (κ3) is 4.07. The Kier molecular flexibility index (Phi) is 5.44. The lowest BCUT2D eigenvalue weighted by Crippen LogP contribution is -2.23. The van der Waals surface area contributed by atoms with Crippen LogP contribution in [0.1, 0.15) is 18.9 Å². The normalized spacial score (nSPS) is 13.3. The van der Waals surface area contributed by atoms with Gasteiger partial charge >= 0.3 is 0 Å². The average molecular weight is 411 g/mol. The molecule has 1 aromatic heterocycles. The average Bonchev–Trinajstić information content (AvgIpc) is 3.57. The zero-order chi connectivity index (χ0) is 20.4. The molecule has 8 heteroatoms. The zero-order valence-corrected chi connectivity index (χ0v) is 17.0. The molecule has 1 aliphatic rings. The van der Waals surface area contributed by atoms with Crippen LogP contribution in [0.25, 0.3) is 10.9 Å². The first-order valence-corrected chi connectivity index (χ1v) is 10.2. The van der Waals surface area contributed by atoms with E-state index in [9.17, 15) is 9.59 Å². The van der Waals surface area contributed by atoms with E-state index < -0.39 is 0 Å². The molecule has 7 nitrogen and oxygen atoms in total. The van der Waals surface area contributed by atoms with Crippen molar-refractivity contribution in [1.82, 2.24) is 9.55 Å². The van der Waals surface area contributed by atoms with Crippen LogP contribution in [-0.2, 0) is 4.79 Å². The Morgan fingerprint density at radius 2 is 2.00 bits per heavy atom. The number of para-hydroxylation sites is 1. The predicted octanol–water partition coefficient (Wildman–Crippen LogP) is 3.48. The van der Waals surface area contributed by atoms with Crippen molar-refractivity contribution in [2.24, 2.45) is 0 Å². The lowest BCUT2D eigenvalue weighted by molar-refractivity contribution is -0.113. The van der Waals surface area contributed by atoms with Crippen LogP contribution in [0.15, 0.2) is 52.4 Å². The van der Waals surface area contributed by atoms with Gasteiger partial charge in [0.1, 0.15) is 11.5 Å². The Morgan fingerprint density at radius 1 is 1.21 bits per heavy atom. The molecule has 1 amide bonds. The summed E-state index contributed by atoms with van der Waals surface area (Å²) in [7, 11) is 3.10. The number of rotatable bonds is 7. The van der Waals surface area contributed by atoms with Gasteiger partial charge in [0, 0.05) is 12.1 Å². The molecule has 1 fully saturated rings. The lowest BCUT2D eigenvalue weighted by Gasteiger charge is -2.13. The number of nitrogens with one attached hydrogen (secondary N) is 1. The Morgan fingerprint density at radius 3 is 2.72 bits per heavy atom. The summed E-state index contributed by atoms with van der Waals surface area (Å²) in [4.78, 5) is 30.0. The summed E-state index contributed by atoms with van der Waals surface area (Å²) in [6.07, 6.45) is 1.92. The van der Waals surface area contributed by atoms with Crippen LogP contribution >= 0.6 is 11.8 Å². The number of anilines is 1. The monoisotopic (exact) mass is 411 g/mol. The molecule has 3 aromatic rings. The number of methoxy groups -OCH3 is 2. The number of carbonyl (C=O) groups is 1. The van der Waals surface area contributed by atoms with Gasteiger partial charge in [0.05, 0.1) is 36.6 Å². The van der Waals surface area contributed by atoms with E-state index in [0.29, 0.717) is 33.2 Å². The Labute approximate surface area is 172 Å². The third-order valence-electron chi connectivity index (χ3n) is 4.70. The van der Waals surface area contributed by atoms with Gasteiger partial charge in [-0.2, -0.15) is 0 Å². The van der Waals surface area contributed by atoms with E-state index in [1.807, 2.05) is 18.2 Å². The fraction of sp³-hybridized carbons (Fsp3) is 0.286. The number of ether oxygens (including phenoxy) is 2. The fourth-order valence-corrected chi connectivity index (χ4v) is 3.97. The SMILES string of the molecule is COc1ccc(NC(=O)CSc2nc3ccccc3c(=O)n2C2CC2)c(OC)c1. The summed E-state index contributed by atoms with van der Waals surface area (Å²) >= 11 is 1.27. The lowest BCUT2D eigenvalue weighted by atomic mass is 10.2. The second kappa shape index (κ2) is 8.16. The molecule has 0 atom stereocenters. The highest BCUT2D eigenvalue weighted by atomic mass is 32.2. The summed E-state index contributed by atoms with van der Waals surface area (Å²) in [5.74, 6) is 1.08. The van der Waals surface area contributed by atoms with Crippen molar-refractivity contribution in [3.63, 3.8) is 0 Å². The van der Waals surface area contributed by atoms with Gasteiger partial charge in [-0.25, -0.2) is 4.98 Å². The maximum Gasteiger partial charge on any atom is 0.262 e. The number of carbonyl (C=O) groups excluding carboxylic acids is 1. The molecular formula is C21H21N3O4S. The van der Waals surface area contributed by atoms with E-state index in [-0.39, 0.29) is 23.3 Å². The fourth-order valence-electron chi connectivity index (χ4n) is 3.10. The molecule has 29 heavy (non-hydrogen) atoms. The number of thioether (sulfide) groups is 1. The van der Waals surface area contributed by atoms with Gasteiger partial charge in [0.2, 0.25) is 5.91 Å². The van der Waals surface area contributed by atoms with Gasteiger partial charge in [-0.3, -0.25) is 14.2 Å². The molecule has 1 saturated carbocycles. The van der Waals surface area contributed by atoms with Gasteiger partial charge in [-0.05, 0) is 37.1 Å². The molecule has 150 valence electrons. The van der Waals surface area contributed by atoms with Crippen LogP contribution in [0.3, 0.4) is 0 Å². The smallest absolute Gasteiger partial charge is 0.262 e. The summed E-state index contributed by atoms with van der Waals surface area (Å²) < 4.78 is 12.2. The minimum atomic E-state index is -0.205. The van der Waals surface area contributed by atoms with Gasteiger partial charge in [0.15, 0.2) is 5.16 Å². The van der Waals surface area contributed by atoms with E-state index in [2.05, 4.69) is 10.3 Å². The molecule has 1 heterocycles. The Bertz CT molecular complexity index is 1120. The first kappa shape index (κ1) is 19.3. The molecule has 0 unspecified atom stereocenters. The molecule has 0 bridgehead atoms. The maximum atomic E-state index is 12.9. The van der Waals surface area contributed by atoms with E-state index in [4.69, 9.17) is 9.47 Å². The highest BCUT2D eigenvalue weighted by Gasteiger charge is 2.28. The van der Waals surface area contributed by atoms with Crippen molar-refractivity contribution < 1.29 is 14.3 Å². The van der Waals surface area contributed by atoms with Crippen LogP contribution in [0.5, 0.6) is 11.5 Å². The number of hydrogen-bond acceptors (Lipinski definition) is 6. The molecule has 0 spiro atoms. The first-order chi connectivity index (χ1) is 14.1. The van der Waals surface area contributed by atoms with Crippen LogP contribution in [0, 0.1) is 0 Å². The maximum absolute atomic E-state index is 12.9. The topological polar surface area (TPSA) is 82.5 Å². The number of amides is 1. The summed E-state index contributed by atoms with van der Waals surface area (Å²) in [5.41, 5.74) is 1.16. The van der Waals surface area contributed by atoms with E-state index in [1.165, 1.54) is 18.9 Å². The van der Waals surface area contributed by atoms with Crippen molar-refractivity contribution >= 4 is 34.3 Å². The standard InChI is InChI=1S/C21H21N3O4S/c1-27-14-9-10-17(18(11-14)28-2)22-19(25)12-29-21-23-16-6-4-3-5-15(16)20(26)24(21)13-7-8-13/h3-6,9-11,13H,7-8,12H2,1-2H3,(H,22,25). The molecule has 1 N–H and O–H groups in total. The van der Waals surface area contributed by atoms with E-state index >= 15 is 0 Å². The highest BCUT2D eigenvalue weighted by Crippen LogP contribution is 2.37. The first-order valence-electron chi connectivity index (χ1n) is 9.26. The quantitative estimate of drug-likeness (QED) is 0.473. The minimum Gasteiger partial charge on any atom is -0.497 e. The summed E-state index contributed by atoms with van der Waals surface area (Å²) in [6.45, 7) is 0. The number of fused-ring (bicyclic) bond motifs is 1. The number of aromatic nitrogens is 2. The van der Waals surface area contributed by atoms with Gasteiger partial charge in [-0.15, -0.1) is 0 Å². The second-order valence-electron chi connectivity index (χ2n) is 6.72. The zero-order valence-electron chi connectivity index (χ0n) is 16.2. The number of nitrogens with zero attached hydrogens (tertiary/aromatic N) is 2. The number of hydrogen-bond donors (Lipinski definition) is 1. The highest BCUT2D eigenvalue weighted by molar-refractivity contribution is 7.99. The molecule has 4 rings (SSSR count). The van der Waals surface area contributed by atoms with Crippen molar-refractivity contribution in [3.8, 4) is 11.5 Å². The molecular weight excluding hydrogens is 390 g/mol. The third-order valence-corrected chi connectivity index (χ3v) is 5.66. The summed E-state index contributed by atoms with van der Waals surface area (Å²) in [6, 6.07) is 12.7. The van der Waals surface area contributed by atoms with E-state index in [1.54, 1.807) is 35.9 Å². The summed E-state index contributed by atoms with van der Waals surface area (Å²) in [5, 5.41) is 4.03. The van der Waals surface area contributed by atoms with Gasteiger partial charge in [0.25, 0.3) is 5.56 Å². The minimum absolute atomic E-state index is 0.0437. The second-order valence-corrected chi connectivity index (χ2v) is 7.66. The van der Waals surface area contributed by atoms with Crippen molar-refractivity contribution in [2.45, 2.75) is 24.0 Å². The molecule has 0 saturated heterocycles.